The number of ether oxygens (including phenoxy) is 1. The number of nitrogens with zero attached hydrogens (tertiary/aromatic N) is 1. The molecule has 2 atom stereocenters. The second-order valence-electron chi connectivity index (χ2n) is 8.02. The molecule has 10 heteroatoms. The zero-order chi connectivity index (χ0) is 24.2. The predicted molar refractivity (Wildman–Crippen MR) is 118 cm³/mol. The van der Waals surface area contributed by atoms with Crippen LogP contribution in [0, 0.1) is 0 Å². The molecule has 0 saturated carbocycles. The highest BCUT2D eigenvalue weighted by Crippen LogP contribution is 2.24. The lowest BCUT2D eigenvalue weighted by molar-refractivity contribution is -0.134. The molecule has 2 N–H and O–H groups in total. The lowest BCUT2D eigenvalue weighted by Crippen LogP contribution is -2.45. The van der Waals surface area contributed by atoms with Crippen molar-refractivity contribution in [3.63, 3.8) is 0 Å². The van der Waals surface area contributed by atoms with E-state index in [0.717, 1.165) is 16.0 Å². The van der Waals surface area contributed by atoms with Gasteiger partial charge in [0.25, 0.3) is 5.91 Å². The topological polar surface area (TPSA) is 87.7 Å². The van der Waals surface area contributed by atoms with E-state index in [2.05, 4.69) is 15.4 Å². The highest BCUT2D eigenvalue weighted by Gasteiger charge is 2.47. The lowest BCUT2D eigenvalue weighted by atomic mass is 9.93. The highest BCUT2D eigenvalue weighted by molar-refractivity contribution is 6.30. The molecule has 0 radical (unpaired) electrons. The van der Waals surface area contributed by atoms with Gasteiger partial charge in [-0.15, -0.1) is 0 Å². The van der Waals surface area contributed by atoms with Gasteiger partial charge in [-0.25, -0.2) is 4.79 Å². The average molecular weight is 480 g/mol. The minimum Gasteiger partial charge on any atom is -0.435 e. The number of halogens is 3. The second-order valence-corrected chi connectivity index (χ2v) is 8.45. The van der Waals surface area contributed by atoms with Crippen molar-refractivity contribution < 1.29 is 27.9 Å². The van der Waals surface area contributed by atoms with E-state index in [1.54, 1.807) is 50.2 Å². The Morgan fingerprint density at radius 3 is 2.39 bits per heavy atom. The van der Waals surface area contributed by atoms with Crippen LogP contribution in [0.3, 0.4) is 0 Å². The number of nitrogens with one attached hydrogen (secondary N) is 2. The van der Waals surface area contributed by atoms with E-state index in [0.29, 0.717) is 11.4 Å². The van der Waals surface area contributed by atoms with E-state index in [9.17, 15) is 23.2 Å². The van der Waals surface area contributed by atoms with Crippen LogP contribution in [0.1, 0.15) is 37.4 Å². The Hall–Kier alpha value is -3.20. The van der Waals surface area contributed by atoms with Crippen LogP contribution in [-0.2, 0) is 16.0 Å². The normalized spacial score (nSPS) is 18.9. The van der Waals surface area contributed by atoms with E-state index in [1.165, 1.54) is 12.1 Å². The number of imide groups is 1. The molecule has 1 aliphatic heterocycles. The van der Waals surface area contributed by atoms with Crippen molar-refractivity contribution in [2.45, 2.75) is 44.9 Å². The molecule has 2 aromatic rings. The van der Waals surface area contributed by atoms with Gasteiger partial charge >= 0.3 is 12.6 Å². The fraction of sp³-hybridized carbons (Fsp3) is 0.348. The third-order valence-electron chi connectivity index (χ3n) is 5.46. The summed E-state index contributed by atoms with van der Waals surface area (Å²) in [6.45, 7) is 0.0703. The SMILES string of the molecule is CC(NC(=O)CN1C(=O)NC(C)(CCc2ccc(OC(F)F)cc2)C1=O)c1ccc(Cl)cc1. The Kier molecular flexibility index (Phi) is 7.53. The zero-order valence-electron chi connectivity index (χ0n) is 18.1. The van der Waals surface area contributed by atoms with Crippen LogP contribution in [0.25, 0.3) is 0 Å². The van der Waals surface area contributed by atoms with Crippen LogP contribution >= 0.6 is 11.6 Å². The number of benzene rings is 2. The summed E-state index contributed by atoms with van der Waals surface area (Å²) in [5.41, 5.74) is 0.435. The summed E-state index contributed by atoms with van der Waals surface area (Å²) in [7, 11) is 0. The Bertz CT molecular complexity index is 1020. The number of aryl methyl sites for hydroxylation is 1. The molecular weight excluding hydrogens is 456 g/mol. The average Bonchev–Trinajstić information content (AvgIpc) is 2.96. The molecule has 176 valence electrons. The maximum absolute atomic E-state index is 12.9. The van der Waals surface area contributed by atoms with E-state index in [-0.39, 0.29) is 18.2 Å². The van der Waals surface area contributed by atoms with Crippen LogP contribution in [0.4, 0.5) is 13.6 Å². The highest BCUT2D eigenvalue weighted by atomic mass is 35.5. The second kappa shape index (κ2) is 10.2. The van der Waals surface area contributed by atoms with Crippen molar-refractivity contribution in [1.29, 1.82) is 0 Å². The summed E-state index contributed by atoms with van der Waals surface area (Å²) in [6.07, 6.45) is 0.678. The lowest BCUT2D eigenvalue weighted by Gasteiger charge is -2.22. The molecule has 0 spiro atoms. The summed E-state index contributed by atoms with van der Waals surface area (Å²) >= 11 is 5.88. The quantitative estimate of drug-likeness (QED) is 0.531. The molecule has 7 nitrogen and oxygen atoms in total. The van der Waals surface area contributed by atoms with Gasteiger partial charge in [0.1, 0.15) is 17.8 Å². The fourth-order valence-electron chi connectivity index (χ4n) is 3.56. The summed E-state index contributed by atoms with van der Waals surface area (Å²) in [6, 6.07) is 12.1. The van der Waals surface area contributed by atoms with Crippen molar-refractivity contribution in [1.82, 2.24) is 15.5 Å². The number of carbonyl (C=O) groups is 3. The van der Waals surface area contributed by atoms with Crippen LogP contribution in [0.5, 0.6) is 5.75 Å². The Balaban J connectivity index is 1.56. The van der Waals surface area contributed by atoms with Crippen LogP contribution in [0.15, 0.2) is 48.5 Å². The van der Waals surface area contributed by atoms with Crippen molar-refractivity contribution in [2.24, 2.45) is 0 Å². The van der Waals surface area contributed by atoms with Crippen LogP contribution in [0.2, 0.25) is 5.02 Å². The minimum absolute atomic E-state index is 0.0372. The number of alkyl halides is 2. The summed E-state index contributed by atoms with van der Waals surface area (Å²) in [5, 5.41) is 6.00. The van der Waals surface area contributed by atoms with E-state index in [4.69, 9.17) is 11.6 Å². The number of amides is 4. The third-order valence-corrected chi connectivity index (χ3v) is 5.71. The Labute approximate surface area is 195 Å². The van der Waals surface area contributed by atoms with Crippen molar-refractivity contribution in [3.8, 4) is 5.75 Å². The Morgan fingerprint density at radius 1 is 1.15 bits per heavy atom. The number of carbonyl (C=O) groups excluding carboxylic acids is 3. The van der Waals surface area contributed by atoms with Crippen molar-refractivity contribution in [2.75, 3.05) is 6.54 Å². The first-order valence-corrected chi connectivity index (χ1v) is 10.7. The summed E-state index contributed by atoms with van der Waals surface area (Å²) in [5.74, 6) is -0.936. The maximum atomic E-state index is 12.9. The molecule has 1 heterocycles. The number of hydrogen-bond donors (Lipinski definition) is 2. The van der Waals surface area contributed by atoms with Gasteiger partial charge < -0.3 is 15.4 Å². The molecule has 1 aliphatic rings. The molecule has 33 heavy (non-hydrogen) atoms. The molecule has 2 unspecified atom stereocenters. The zero-order valence-corrected chi connectivity index (χ0v) is 18.9. The van der Waals surface area contributed by atoms with E-state index < -0.39 is 36.5 Å². The monoisotopic (exact) mass is 479 g/mol. The standard InChI is InChI=1S/C23H24ClF2N3O4/c1-14(16-5-7-17(24)8-6-16)27-19(30)13-29-20(31)23(2,28-22(29)32)12-11-15-3-9-18(10-4-15)33-21(25)26/h3-10,14,21H,11-13H2,1-2H3,(H,27,30)(H,28,32). The van der Waals surface area contributed by atoms with E-state index >= 15 is 0 Å². The molecular formula is C23H24ClF2N3O4. The first-order valence-electron chi connectivity index (χ1n) is 10.3. The molecule has 4 amide bonds. The first kappa shape index (κ1) is 24.4. The largest absolute Gasteiger partial charge is 0.435 e. The molecule has 0 aromatic heterocycles. The smallest absolute Gasteiger partial charge is 0.387 e. The summed E-state index contributed by atoms with van der Waals surface area (Å²) in [4.78, 5) is 38.7. The maximum Gasteiger partial charge on any atom is 0.387 e. The van der Waals surface area contributed by atoms with Crippen molar-refractivity contribution in [3.05, 3.63) is 64.7 Å². The van der Waals surface area contributed by atoms with Crippen LogP contribution < -0.4 is 15.4 Å². The predicted octanol–water partition coefficient (Wildman–Crippen LogP) is 4.06. The van der Waals surface area contributed by atoms with Gasteiger partial charge in [-0.2, -0.15) is 8.78 Å². The first-order chi connectivity index (χ1) is 15.6. The molecule has 0 bridgehead atoms. The van der Waals surface area contributed by atoms with Gasteiger partial charge in [-0.1, -0.05) is 35.9 Å². The molecule has 0 aliphatic carbocycles. The number of rotatable bonds is 9. The number of urea groups is 1. The number of hydrogen-bond acceptors (Lipinski definition) is 4. The van der Waals surface area contributed by atoms with Crippen LogP contribution in [-0.4, -0.2) is 41.4 Å². The van der Waals surface area contributed by atoms with Gasteiger partial charge in [0.05, 0.1) is 6.04 Å². The third kappa shape index (κ3) is 6.19. The fourth-order valence-corrected chi connectivity index (χ4v) is 3.68. The Morgan fingerprint density at radius 2 is 1.79 bits per heavy atom. The van der Waals surface area contributed by atoms with Gasteiger partial charge in [0, 0.05) is 5.02 Å². The van der Waals surface area contributed by atoms with Gasteiger partial charge in [-0.05, 0) is 62.1 Å². The molecule has 2 aromatic carbocycles. The molecule has 1 fully saturated rings. The van der Waals surface area contributed by atoms with Crippen molar-refractivity contribution >= 4 is 29.4 Å². The molecule has 3 rings (SSSR count). The minimum atomic E-state index is -2.90. The van der Waals surface area contributed by atoms with E-state index in [1.807, 2.05) is 0 Å². The summed E-state index contributed by atoms with van der Waals surface area (Å²) < 4.78 is 28.8. The molecule has 1 saturated heterocycles. The van der Waals surface area contributed by atoms with Gasteiger partial charge in [-0.3, -0.25) is 14.5 Å². The van der Waals surface area contributed by atoms with Gasteiger partial charge in [0.15, 0.2) is 0 Å². The van der Waals surface area contributed by atoms with Gasteiger partial charge in [0.2, 0.25) is 5.91 Å².